The molecule has 0 aromatic carbocycles. The molecule has 3 atom stereocenters. The van der Waals surface area contributed by atoms with Crippen LogP contribution in [0.4, 0.5) is 0 Å². The van der Waals surface area contributed by atoms with Gasteiger partial charge in [-0.25, -0.2) is 4.79 Å². The zero-order valence-electron chi connectivity index (χ0n) is 12.5. The molecule has 0 radical (unpaired) electrons. The lowest BCUT2D eigenvalue weighted by Gasteiger charge is -2.46. The third-order valence-electron chi connectivity index (χ3n) is 5.03. The van der Waals surface area contributed by atoms with E-state index in [4.69, 9.17) is 4.74 Å². The maximum absolute atomic E-state index is 11.9. The van der Waals surface area contributed by atoms with Crippen LogP contribution in [0.25, 0.3) is 0 Å². The summed E-state index contributed by atoms with van der Waals surface area (Å²) < 4.78 is 5.89. The molecule has 0 spiro atoms. The first-order valence-corrected chi connectivity index (χ1v) is 7.95. The fourth-order valence-corrected chi connectivity index (χ4v) is 4.07. The van der Waals surface area contributed by atoms with Gasteiger partial charge in [-0.15, -0.1) is 0 Å². The van der Waals surface area contributed by atoms with Crippen molar-refractivity contribution in [2.24, 2.45) is 11.8 Å². The number of fused-ring (bicyclic) bond motifs is 1. The predicted molar refractivity (Wildman–Crippen MR) is 77.8 cm³/mol. The molecular formula is C17H28O2. The normalized spacial score (nSPS) is 34.4. The topological polar surface area (TPSA) is 26.3 Å². The largest absolute Gasteiger partial charge is 0.456 e. The van der Waals surface area contributed by atoms with E-state index < -0.39 is 0 Å². The van der Waals surface area contributed by atoms with Gasteiger partial charge >= 0.3 is 5.97 Å². The molecule has 3 unspecified atom stereocenters. The smallest absolute Gasteiger partial charge is 0.333 e. The molecule has 2 fully saturated rings. The first-order valence-electron chi connectivity index (χ1n) is 7.95. The summed E-state index contributed by atoms with van der Waals surface area (Å²) in [4.78, 5) is 11.9. The lowest BCUT2D eigenvalue weighted by Crippen LogP contribution is -2.44. The van der Waals surface area contributed by atoms with Crippen LogP contribution in [-0.2, 0) is 9.53 Å². The lowest BCUT2D eigenvalue weighted by molar-refractivity contribution is -0.164. The van der Waals surface area contributed by atoms with E-state index in [1.807, 2.05) is 0 Å². The van der Waals surface area contributed by atoms with Crippen LogP contribution in [0, 0.1) is 11.8 Å². The SMILES string of the molecule is C=C(C)C(=O)OC1(CCC)CCC2CCCCC2C1. The van der Waals surface area contributed by atoms with Gasteiger partial charge in [-0.1, -0.05) is 45.6 Å². The Balaban J connectivity index is 2.06. The van der Waals surface area contributed by atoms with E-state index in [1.54, 1.807) is 6.92 Å². The molecule has 0 heterocycles. The Bertz CT molecular complexity index is 347. The minimum absolute atomic E-state index is 0.191. The van der Waals surface area contributed by atoms with Crippen molar-refractivity contribution in [1.82, 2.24) is 0 Å². The second-order valence-corrected chi connectivity index (χ2v) is 6.65. The van der Waals surface area contributed by atoms with Crippen LogP contribution in [0.1, 0.15) is 71.6 Å². The Labute approximate surface area is 117 Å². The fraction of sp³-hybridized carbons (Fsp3) is 0.824. The number of rotatable bonds is 4. The van der Waals surface area contributed by atoms with Gasteiger partial charge in [0.15, 0.2) is 0 Å². The third kappa shape index (κ3) is 3.40. The molecule has 2 nitrogen and oxygen atoms in total. The highest BCUT2D eigenvalue weighted by Crippen LogP contribution is 2.47. The van der Waals surface area contributed by atoms with Crippen molar-refractivity contribution in [2.75, 3.05) is 0 Å². The van der Waals surface area contributed by atoms with Gasteiger partial charge in [0.05, 0.1) is 0 Å². The van der Waals surface area contributed by atoms with Crippen molar-refractivity contribution in [1.29, 1.82) is 0 Å². The summed E-state index contributed by atoms with van der Waals surface area (Å²) in [5.41, 5.74) is 0.338. The zero-order valence-corrected chi connectivity index (χ0v) is 12.5. The van der Waals surface area contributed by atoms with Gasteiger partial charge < -0.3 is 4.74 Å². The van der Waals surface area contributed by atoms with Gasteiger partial charge in [0.1, 0.15) is 5.60 Å². The van der Waals surface area contributed by atoms with Gasteiger partial charge in [-0.2, -0.15) is 0 Å². The minimum atomic E-state index is -0.192. The zero-order chi connectivity index (χ0) is 13.9. The number of carbonyl (C=O) groups is 1. The summed E-state index contributed by atoms with van der Waals surface area (Å²) in [6, 6.07) is 0. The molecule has 0 aromatic heterocycles. The highest BCUT2D eigenvalue weighted by atomic mass is 16.6. The number of hydrogen-bond donors (Lipinski definition) is 0. The van der Waals surface area contributed by atoms with E-state index in [0.717, 1.165) is 37.5 Å². The van der Waals surface area contributed by atoms with Gasteiger partial charge in [-0.3, -0.25) is 0 Å². The Morgan fingerprint density at radius 1 is 1.26 bits per heavy atom. The summed E-state index contributed by atoms with van der Waals surface area (Å²) in [6.45, 7) is 7.65. The monoisotopic (exact) mass is 264 g/mol. The van der Waals surface area contributed by atoms with Crippen LogP contribution in [0.2, 0.25) is 0 Å². The quantitative estimate of drug-likeness (QED) is 0.546. The molecular weight excluding hydrogens is 236 g/mol. The molecule has 0 N–H and O–H groups in total. The predicted octanol–water partition coefficient (Wildman–Crippen LogP) is 4.63. The summed E-state index contributed by atoms with van der Waals surface area (Å²) in [7, 11) is 0. The standard InChI is InChI=1S/C17H28O2/c1-4-10-17(19-16(18)13(2)3)11-9-14-7-5-6-8-15(14)12-17/h14-15H,2,4-12H2,1,3H3. The van der Waals surface area contributed by atoms with Crippen molar-refractivity contribution in [3.05, 3.63) is 12.2 Å². The second-order valence-electron chi connectivity index (χ2n) is 6.65. The van der Waals surface area contributed by atoms with E-state index >= 15 is 0 Å². The molecule has 108 valence electrons. The molecule has 2 aliphatic rings. The van der Waals surface area contributed by atoms with Crippen molar-refractivity contribution in [3.63, 3.8) is 0 Å². The molecule has 0 aliphatic heterocycles. The van der Waals surface area contributed by atoms with Gasteiger partial charge in [0, 0.05) is 5.57 Å². The van der Waals surface area contributed by atoms with Gasteiger partial charge in [0.2, 0.25) is 0 Å². The number of carbonyl (C=O) groups excluding carboxylic acids is 1. The maximum atomic E-state index is 11.9. The Kier molecular flexibility index (Phi) is 4.70. The van der Waals surface area contributed by atoms with E-state index in [9.17, 15) is 4.79 Å². The minimum Gasteiger partial charge on any atom is -0.456 e. The van der Waals surface area contributed by atoms with Crippen LogP contribution >= 0.6 is 0 Å². The molecule has 2 heteroatoms. The lowest BCUT2D eigenvalue weighted by atomic mass is 9.65. The van der Waals surface area contributed by atoms with Crippen LogP contribution in [0.3, 0.4) is 0 Å². The summed E-state index contributed by atoms with van der Waals surface area (Å²) in [5, 5.41) is 0. The van der Waals surface area contributed by atoms with E-state index in [0.29, 0.717) is 5.57 Å². The molecule has 0 aromatic rings. The first kappa shape index (κ1) is 14.6. The van der Waals surface area contributed by atoms with Crippen LogP contribution in [0.15, 0.2) is 12.2 Å². The van der Waals surface area contributed by atoms with E-state index in [2.05, 4.69) is 13.5 Å². The summed E-state index contributed by atoms with van der Waals surface area (Å²) >= 11 is 0. The van der Waals surface area contributed by atoms with Crippen LogP contribution in [-0.4, -0.2) is 11.6 Å². The number of ether oxygens (including phenoxy) is 1. The highest BCUT2D eigenvalue weighted by Gasteiger charge is 2.43. The molecule has 0 bridgehead atoms. The third-order valence-corrected chi connectivity index (χ3v) is 5.03. The molecule has 0 amide bonds. The summed E-state index contributed by atoms with van der Waals surface area (Å²) in [6.07, 6.45) is 11.0. The molecule has 2 rings (SSSR count). The summed E-state index contributed by atoms with van der Waals surface area (Å²) in [5.74, 6) is 1.48. The maximum Gasteiger partial charge on any atom is 0.333 e. The van der Waals surface area contributed by atoms with Crippen molar-refractivity contribution in [2.45, 2.75) is 77.2 Å². The van der Waals surface area contributed by atoms with Crippen molar-refractivity contribution in [3.8, 4) is 0 Å². The number of hydrogen-bond acceptors (Lipinski definition) is 2. The highest BCUT2D eigenvalue weighted by molar-refractivity contribution is 5.87. The second kappa shape index (κ2) is 6.11. The Hall–Kier alpha value is -0.790. The van der Waals surface area contributed by atoms with Crippen LogP contribution in [0.5, 0.6) is 0 Å². The van der Waals surface area contributed by atoms with Crippen molar-refractivity contribution < 1.29 is 9.53 Å². The first-order chi connectivity index (χ1) is 9.06. The average molecular weight is 264 g/mol. The number of esters is 1. The molecule has 19 heavy (non-hydrogen) atoms. The van der Waals surface area contributed by atoms with Gasteiger partial charge in [0.25, 0.3) is 0 Å². The van der Waals surface area contributed by atoms with E-state index in [1.165, 1.54) is 32.1 Å². The average Bonchev–Trinajstić information content (AvgIpc) is 2.38. The van der Waals surface area contributed by atoms with E-state index in [-0.39, 0.29) is 11.6 Å². The molecule has 2 aliphatic carbocycles. The van der Waals surface area contributed by atoms with Crippen molar-refractivity contribution >= 4 is 5.97 Å². The fourth-order valence-electron chi connectivity index (χ4n) is 4.07. The Morgan fingerprint density at radius 2 is 1.95 bits per heavy atom. The van der Waals surface area contributed by atoms with Crippen LogP contribution < -0.4 is 0 Å². The molecule has 0 saturated heterocycles. The van der Waals surface area contributed by atoms with Gasteiger partial charge in [-0.05, 0) is 44.4 Å². The molecule has 2 saturated carbocycles. The Morgan fingerprint density at radius 3 is 2.58 bits per heavy atom.